The van der Waals surface area contributed by atoms with Gasteiger partial charge in [0.1, 0.15) is 0 Å². The zero-order valence-corrected chi connectivity index (χ0v) is 21.1. The lowest BCUT2D eigenvalue weighted by Crippen LogP contribution is -1.93. The van der Waals surface area contributed by atoms with Crippen molar-refractivity contribution >= 4 is 27.5 Å². The van der Waals surface area contributed by atoms with E-state index in [2.05, 4.69) is 136 Å². The van der Waals surface area contributed by atoms with Crippen LogP contribution in [0.5, 0.6) is 0 Å². The van der Waals surface area contributed by atoms with Crippen LogP contribution in [-0.2, 0) is 0 Å². The third kappa shape index (κ3) is 4.05. The van der Waals surface area contributed by atoms with Gasteiger partial charge in [0.2, 0.25) is 5.69 Å². The fraction of sp³-hybridized carbons (Fsp3) is 0. The van der Waals surface area contributed by atoms with Crippen molar-refractivity contribution in [3.8, 4) is 39.1 Å². The van der Waals surface area contributed by atoms with E-state index in [-0.39, 0.29) is 0 Å². The molecule has 0 aliphatic heterocycles. The normalized spacial score (nSPS) is 11.1. The van der Waals surface area contributed by atoms with Gasteiger partial charge in [-0.3, -0.25) is 4.98 Å². The summed E-state index contributed by atoms with van der Waals surface area (Å²) in [6, 6.07) is 44.9. The van der Waals surface area contributed by atoms with Gasteiger partial charge in [-0.05, 0) is 69.8 Å². The number of rotatable bonds is 4. The number of benzene rings is 5. The first-order valence-electron chi connectivity index (χ1n) is 12.9. The minimum Gasteiger partial charge on any atom is -0.309 e. The molecule has 182 valence electrons. The maximum absolute atomic E-state index is 7.34. The van der Waals surface area contributed by atoms with Crippen molar-refractivity contribution in [2.24, 2.45) is 0 Å². The number of pyridine rings is 1. The second kappa shape index (κ2) is 9.45. The van der Waals surface area contributed by atoms with Crippen LogP contribution in [0.15, 0.2) is 140 Å². The van der Waals surface area contributed by atoms with Gasteiger partial charge in [0.15, 0.2) is 0 Å². The molecule has 3 nitrogen and oxygen atoms in total. The number of fused-ring (bicyclic) bond motifs is 3. The molecular formula is C36H23N3. The van der Waals surface area contributed by atoms with Crippen LogP contribution in [0.4, 0.5) is 5.69 Å². The van der Waals surface area contributed by atoms with Gasteiger partial charge in [-0.2, -0.15) is 0 Å². The van der Waals surface area contributed by atoms with Crippen molar-refractivity contribution in [1.82, 2.24) is 9.55 Å². The summed E-state index contributed by atoms with van der Waals surface area (Å²) in [5.74, 6) is 0. The van der Waals surface area contributed by atoms with E-state index in [1.807, 2.05) is 12.3 Å². The lowest BCUT2D eigenvalue weighted by Gasteiger charge is -2.10. The summed E-state index contributed by atoms with van der Waals surface area (Å²) in [4.78, 5) is 7.80. The number of aromatic nitrogens is 2. The van der Waals surface area contributed by atoms with E-state index in [1.165, 1.54) is 32.9 Å². The molecule has 0 saturated heterocycles. The summed E-state index contributed by atoms with van der Waals surface area (Å²) < 4.78 is 2.37. The molecule has 0 bridgehead atoms. The smallest absolute Gasteiger partial charge is 0.205 e. The summed E-state index contributed by atoms with van der Waals surface area (Å²) in [6.45, 7) is 7.34. The Kier molecular flexibility index (Phi) is 5.50. The molecule has 0 saturated carbocycles. The highest BCUT2D eigenvalue weighted by molar-refractivity contribution is 6.11. The quantitative estimate of drug-likeness (QED) is 0.222. The molecule has 39 heavy (non-hydrogen) atoms. The number of hydrogen-bond donors (Lipinski definition) is 0. The van der Waals surface area contributed by atoms with Crippen LogP contribution in [0.2, 0.25) is 0 Å². The van der Waals surface area contributed by atoms with E-state index >= 15 is 0 Å². The molecule has 0 radical (unpaired) electrons. The summed E-state index contributed by atoms with van der Waals surface area (Å²) in [5, 5.41) is 2.46. The summed E-state index contributed by atoms with van der Waals surface area (Å²) in [7, 11) is 0. The minimum absolute atomic E-state index is 0.543. The Morgan fingerprint density at radius 1 is 0.487 bits per heavy atom. The Hall–Kier alpha value is -5.46. The fourth-order valence-corrected chi connectivity index (χ4v) is 5.39. The van der Waals surface area contributed by atoms with Crippen LogP contribution in [0.25, 0.3) is 65.7 Å². The molecule has 2 aromatic heterocycles. The lowest BCUT2D eigenvalue weighted by molar-refractivity contribution is 1.18. The molecule has 0 aliphatic carbocycles. The topological polar surface area (TPSA) is 22.2 Å². The van der Waals surface area contributed by atoms with E-state index in [0.717, 1.165) is 27.9 Å². The molecule has 5 aromatic carbocycles. The van der Waals surface area contributed by atoms with Crippen LogP contribution >= 0.6 is 0 Å². The number of nitrogens with zero attached hydrogens (tertiary/aromatic N) is 3. The van der Waals surface area contributed by atoms with Crippen molar-refractivity contribution in [3.05, 3.63) is 151 Å². The maximum Gasteiger partial charge on any atom is 0.205 e. The monoisotopic (exact) mass is 497 g/mol. The molecular weight excluding hydrogens is 474 g/mol. The molecule has 0 amide bonds. The highest BCUT2D eigenvalue weighted by Crippen LogP contribution is 2.37. The van der Waals surface area contributed by atoms with E-state index in [0.29, 0.717) is 5.69 Å². The van der Waals surface area contributed by atoms with Crippen molar-refractivity contribution in [1.29, 1.82) is 0 Å². The maximum atomic E-state index is 7.34. The standard InChI is InChI=1S/C36H23N3/c1-37-31-20-30(23-38-24-31)27-12-8-11-26(19-27)29-16-18-34-33-17-15-28(25-9-4-2-5-10-25)21-35(33)39(36(34)22-29)32-13-6-3-7-14-32/h2-24H. The van der Waals surface area contributed by atoms with Crippen LogP contribution in [0, 0.1) is 6.57 Å². The third-order valence-corrected chi connectivity index (χ3v) is 7.27. The minimum atomic E-state index is 0.543. The zero-order chi connectivity index (χ0) is 26.2. The van der Waals surface area contributed by atoms with Gasteiger partial charge < -0.3 is 4.57 Å². The first kappa shape index (κ1) is 22.7. The Morgan fingerprint density at radius 2 is 1.05 bits per heavy atom. The molecule has 0 atom stereocenters. The third-order valence-electron chi connectivity index (χ3n) is 7.27. The SMILES string of the molecule is [C-]#[N+]c1cncc(-c2cccc(-c3ccc4c5ccc(-c6ccccc6)cc5n(-c5ccccc5)c4c3)c2)c1. The van der Waals surface area contributed by atoms with E-state index in [1.54, 1.807) is 6.20 Å². The second-order valence-corrected chi connectivity index (χ2v) is 9.63. The Balaban J connectivity index is 1.43. The van der Waals surface area contributed by atoms with Gasteiger partial charge in [0.25, 0.3) is 0 Å². The Labute approximate surface area is 227 Å². The summed E-state index contributed by atoms with van der Waals surface area (Å²) in [5.41, 5.74) is 10.7. The van der Waals surface area contributed by atoms with E-state index < -0.39 is 0 Å². The summed E-state index contributed by atoms with van der Waals surface area (Å²) in [6.07, 6.45) is 3.41. The molecule has 3 heteroatoms. The molecule has 0 fully saturated rings. The molecule has 0 aliphatic rings. The highest BCUT2D eigenvalue weighted by Gasteiger charge is 2.15. The van der Waals surface area contributed by atoms with Gasteiger partial charge in [-0.25, -0.2) is 4.85 Å². The molecule has 7 aromatic rings. The Bertz CT molecular complexity index is 2010. The predicted octanol–water partition coefficient (Wildman–Crippen LogP) is 9.73. The van der Waals surface area contributed by atoms with Gasteiger partial charge in [0.05, 0.1) is 17.6 Å². The average Bonchev–Trinajstić information content (AvgIpc) is 3.35. The van der Waals surface area contributed by atoms with Crippen molar-refractivity contribution in [2.75, 3.05) is 0 Å². The zero-order valence-electron chi connectivity index (χ0n) is 21.1. The predicted molar refractivity (Wildman–Crippen MR) is 161 cm³/mol. The molecule has 0 spiro atoms. The first-order chi connectivity index (χ1) is 19.3. The highest BCUT2D eigenvalue weighted by atomic mass is 15.0. The van der Waals surface area contributed by atoms with E-state index in [4.69, 9.17) is 6.57 Å². The molecule has 0 N–H and O–H groups in total. The second-order valence-electron chi connectivity index (χ2n) is 9.63. The largest absolute Gasteiger partial charge is 0.309 e. The van der Waals surface area contributed by atoms with Gasteiger partial charge >= 0.3 is 0 Å². The van der Waals surface area contributed by atoms with Gasteiger partial charge in [-0.15, -0.1) is 0 Å². The van der Waals surface area contributed by atoms with Crippen LogP contribution in [-0.4, -0.2) is 9.55 Å². The van der Waals surface area contributed by atoms with Crippen LogP contribution in [0.1, 0.15) is 0 Å². The first-order valence-corrected chi connectivity index (χ1v) is 12.9. The Morgan fingerprint density at radius 3 is 1.72 bits per heavy atom. The number of hydrogen-bond acceptors (Lipinski definition) is 1. The molecule has 7 rings (SSSR count). The van der Waals surface area contributed by atoms with Crippen LogP contribution < -0.4 is 0 Å². The van der Waals surface area contributed by atoms with Crippen molar-refractivity contribution in [3.63, 3.8) is 0 Å². The average molecular weight is 498 g/mol. The van der Waals surface area contributed by atoms with Crippen molar-refractivity contribution < 1.29 is 0 Å². The number of para-hydroxylation sites is 1. The molecule has 2 heterocycles. The van der Waals surface area contributed by atoms with Crippen molar-refractivity contribution in [2.45, 2.75) is 0 Å². The van der Waals surface area contributed by atoms with Crippen LogP contribution in [0.3, 0.4) is 0 Å². The molecule has 0 unspecified atom stereocenters. The summed E-state index contributed by atoms with van der Waals surface area (Å²) >= 11 is 0. The van der Waals surface area contributed by atoms with E-state index in [9.17, 15) is 0 Å². The van der Waals surface area contributed by atoms with Gasteiger partial charge in [0, 0.05) is 28.9 Å². The van der Waals surface area contributed by atoms with Gasteiger partial charge in [-0.1, -0.05) is 91.0 Å². The fourth-order valence-electron chi connectivity index (χ4n) is 5.39. The lowest BCUT2D eigenvalue weighted by atomic mass is 9.98.